The smallest absolute Gasteiger partial charge is 0.418 e. The number of rotatable bonds is 5. The molecule has 5 rings (SSSR count). The number of aromatic amines is 1. The predicted octanol–water partition coefficient (Wildman–Crippen LogP) is 6.28. The number of ether oxygens (including phenoxy) is 2. The number of alkyl halides is 3. The van der Waals surface area contributed by atoms with Crippen LogP contribution >= 0.6 is 0 Å². The Kier molecular flexibility index (Phi) is 6.98. The van der Waals surface area contributed by atoms with Crippen LogP contribution in [0.5, 0.6) is 11.6 Å². The van der Waals surface area contributed by atoms with Crippen LogP contribution in [0.3, 0.4) is 0 Å². The van der Waals surface area contributed by atoms with E-state index in [0.717, 1.165) is 31.0 Å². The average Bonchev–Trinajstić information content (AvgIpc) is 2.89. The molecule has 0 bridgehead atoms. The van der Waals surface area contributed by atoms with Gasteiger partial charge < -0.3 is 19.8 Å². The number of benzene rings is 1. The van der Waals surface area contributed by atoms with E-state index in [0.29, 0.717) is 30.7 Å². The van der Waals surface area contributed by atoms with Gasteiger partial charge >= 0.3 is 6.18 Å². The molecule has 0 aliphatic carbocycles. The van der Waals surface area contributed by atoms with Gasteiger partial charge in [-0.05, 0) is 50.5 Å². The standard InChI is InChI=1S/C27H23F5N4O3/c1-13-16(27(30,31)32)11-34-26(39-21-6-5-17(28)24(29)14(21)2)22(13)19-10-20(37)23-18(36-19)7-8-33-25(23)35-15-4-3-9-38-12-15/h5-8,10-11,15H,3-4,9,12H2,1-2H3,(H,33,35)(H,36,37). The van der Waals surface area contributed by atoms with Gasteiger partial charge in [-0.3, -0.25) is 4.79 Å². The molecule has 1 fully saturated rings. The summed E-state index contributed by atoms with van der Waals surface area (Å²) in [5.41, 5.74) is -1.84. The fourth-order valence-electron chi connectivity index (χ4n) is 4.60. The molecule has 1 unspecified atom stereocenters. The van der Waals surface area contributed by atoms with Gasteiger partial charge in [0.25, 0.3) is 0 Å². The van der Waals surface area contributed by atoms with E-state index in [1.807, 2.05) is 0 Å². The SMILES string of the molecule is Cc1c(Oc2ncc(C(F)(F)F)c(C)c2-c2cc(=O)c3c(NC4CCCOC4)nccc3[nH]2)ccc(F)c1F. The maximum Gasteiger partial charge on any atom is 0.418 e. The number of anilines is 1. The summed E-state index contributed by atoms with van der Waals surface area (Å²) in [5.74, 6) is -2.41. The minimum absolute atomic E-state index is 0.00279. The minimum Gasteiger partial charge on any atom is -0.438 e. The van der Waals surface area contributed by atoms with Gasteiger partial charge in [-0.15, -0.1) is 0 Å². The molecule has 0 spiro atoms. The molecule has 1 aliphatic rings. The van der Waals surface area contributed by atoms with Gasteiger partial charge in [0.1, 0.15) is 11.6 Å². The largest absolute Gasteiger partial charge is 0.438 e. The first-order chi connectivity index (χ1) is 18.5. The molecule has 39 heavy (non-hydrogen) atoms. The molecule has 0 amide bonds. The van der Waals surface area contributed by atoms with Crippen molar-refractivity contribution >= 4 is 16.7 Å². The first-order valence-corrected chi connectivity index (χ1v) is 12.1. The van der Waals surface area contributed by atoms with Crippen LogP contribution in [0.1, 0.15) is 29.5 Å². The molecule has 4 aromatic rings. The molecule has 7 nitrogen and oxygen atoms in total. The Balaban J connectivity index is 1.66. The molecule has 0 saturated carbocycles. The zero-order chi connectivity index (χ0) is 27.9. The summed E-state index contributed by atoms with van der Waals surface area (Å²) in [5, 5.41) is 3.44. The van der Waals surface area contributed by atoms with E-state index >= 15 is 0 Å². The van der Waals surface area contributed by atoms with Crippen LogP contribution in [-0.2, 0) is 10.9 Å². The molecule has 1 atom stereocenters. The first-order valence-electron chi connectivity index (χ1n) is 12.1. The number of fused-ring (bicyclic) bond motifs is 1. The number of nitrogens with zero attached hydrogens (tertiary/aromatic N) is 2. The van der Waals surface area contributed by atoms with E-state index < -0.39 is 28.8 Å². The molecule has 1 saturated heterocycles. The van der Waals surface area contributed by atoms with Crippen molar-refractivity contribution in [2.24, 2.45) is 0 Å². The van der Waals surface area contributed by atoms with Crippen molar-refractivity contribution in [1.82, 2.24) is 15.0 Å². The van der Waals surface area contributed by atoms with Gasteiger partial charge in [0.2, 0.25) is 5.88 Å². The van der Waals surface area contributed by atoms with Gasteiger partial charge in [0, 0.05) is 30.6 Å². The number of pyridine rings is 3. The van der Waals surface area contributed by atoms with Crippen LogP contribution in [-0.4, -0.2) is 34.2 Å². The Morgan fingerprint density at radius 2 is 1.92 bits per heavy atom. The molecule has 1 aromatic carbocycles. The molecular weight excluding hydrogens is 523 g/mol. The minimum atomic E-state index is -4.75. The zero-order valence-electron chi connectivity index (χ0n) is 20.9. The highest BCUT2D eigenvalue weighted by Gasteiger charge is 2.35. The Hall–Kier alpha value is -4.06. The number of H-pyrrole nitrogens is 1. The Labute approximate surface area is 219 Å². The topological polar surface area (TPSA) is 89.1 Å². The molecule has 3 aromatic heterocycles. The molecule has 12 heteroatoms. The number of nitrogens with one attached hydrogen (secondary N) is 2. The normalized spacial score (nSPS) is 15.9. The second kappa shape index (κ2) is 10.3. The zero-order valence-corrected chi connectivity index (χ0v) is 20.9. The van der Waals surface area contributed by atoms with Crippen molar-refractivity contribution in [3.8, 4) is 22.9 Å². The maximum atomic E-state index is 14.2. The Morgan fingerprint density at radius 1 is 1.13 bits per heavy atom. The molecule has 204 valence electrons. The molecule has 1 aliphatic heterocycles. The molecule has 4 heterocycles. The van der Waals surface area contributed by atoms with Gasteiger partial charge in [0.15, 0.2) is 17.1 Å². The van der Waals surface area contributed by atoms with E-state index in [9.17, 15) is 26.7 Å². The predicted molar refractivity (Wildman–Crippen MR) is 134 cm³/mol. The van der Waals surface area contributed by atoms with Gasteiger partial charge in [-0.2, -0.15) is 13.2 Å². The fraction of sp³-hybridized carbons (Fsp3) is 0.296. The van der Waals surface area contributed by atoms with Crippen molar-refractivity contribution in [2.75, 3.05) is 18.5 Å². The summed E-state index contributed by atoms with van der Waals surface area (Å²) in [6.07, 6.45) is -1.01. The summed E-state index contributed by atoms with van der Waals surface area (Å²) in [7, 11) is 0. The number of hydrogen-bond acceptors (Lipinski definition) is 6. The average molecular weight is 546 g/mol. The lowest BCUT2D eigenvalue weighted by molar-refractivity contribution is -0.138. The number of aromatic nitrogens is 3. The number of halogens is 5. The van der Waals surface area contributed by atoms with Gasteiger partial charge in [-0.25, -0.2) is 18.7 Å². The maximum absolute atomic E-state index is 14.2. The molecule has 0 radical (unpaired) electrons. The first kappa shape index (κ1) is 26.5. The third kappa shape index (κ3) is 5.16. The second-order valence-electron chi connectivity index (χ2n) is 9.25. The van der Waals surface area contributed by atoms with Crippen LogP contribution in [0.15, 0.2) is 41.5 Å². The van der Waals surface area contributed by atoms with Crippen molar-refractivity contribution in [2.45, 2.75) is 38.9 Å². The summed E-state index contributed by atoms with van der Waals surface area (Å²) in [4.78, 5) is 24.5. The summed E-state index contributed by atoms with van der Waals surface area (Å²) in [6, 6.07) is 4.60. The quantitative estimate of drug-likeness (QED) is 0.287. The van der Waals surface area contributed by atoms with Crippen molar-refractivity contribution in [3.63, 3.8) is 0 Å². The van der Waals surface area contributed by atoms with Crippen LogP contribution in [0.25, 0.3) is 22.2 Å². The van der Waals surface area contributed by atoms with E-state index in [4.69, 9.17) is 9.47 Å². The summed E-state index contributed by atoms with van der Waals surface area (Å²) >= 11 is 0. The monoisotopic (exact) mass is 546 g/mol. The highest BCUT2D eigenvalue weighted by atomic mass is 19.4. The van der Waals surface area contributed by atoms with Crippen LogP contribution in [0.2, 0.25) is 0 Å². The van der Waals surface area contributed by atoms with Gasteiger partial charge in [0.05, 0.1) is 40.4 Å². The van der Waals surface area contributed by atoms with E-state index in [1.165, 1.54) is 26.1 Å². The van der Waals surface area contributed by atoms with Gasteiger partial charge in [-0.1, -0.05) is 0 Å². The fourth-order valence-corrected chi connectivity index (χ4v) is 4.60. The highest BCUT2D eigenvalue weighted by Crippen LogP contribution is 2.41. The van der Waals surface area contributed by atoms with Crippen molar-refractivity contribution < 1.29 is 31.4 Å². The van der Waals surface area contributed by atoms with Crippen LogP contribution in [0, 0.1) is 25.5 Å². The Bertz CT molecular complexity index is 1610. The Morgan fingerprint density at radius 3 is 2.64 bits per heavy atom. The summed E-state index contributed by atoms with van der Waals surface area (Å²) in [6.45, 7) is 3.59. The lowest BCUT2D eigenvalue weighted by Crippen LogP contribution is -2.30. The van der Waals surface area contributed by atoms with E-state index in [2.05, 4.69) is 20.3 Å². The van der Waals surface area contributed by atoms with Crippen molar-refractivity contribution in [3.05, 3.63) is 75.2 Å². The summed E-state index contributed by atoms with van der Waals surface area (Å²) < 4.78 is 80.4. The third-order valence-corrected chi connectivity index (χ3v) is 6.62. The number of hydrogen-bond donors (Lipinski definition) is 2. The van der Waals surface area contributed by atoms with Crippen LogP contribution in [0.4, 0.5) is 27.8 Å². The lowest BCUT2D eigenvalue weighted by Gasteiger charge is -2.24. The third-order valence-electron chi connectivity index (χ3n) is 6.62. The highest BCUT2D eigenvalue weighted by molar-refractivity contribution is 5.91. The van der Waals surface area contributed by atoms with Crippen LogP contribution < -0.4 is 15.5 Å². The molecule has 2 N–H and O–H groups in total. The van der Waals surface area contributed by atoms with E-state index in [1.54, 1.807) is 0 Å². The van der Waals surface area contributed by atoms with E-state index in [-0.39, 0.29) is 45.4 Å². The molecular formula is C27H23F5N4O3. The second-order valence-corrected chi connectivity index (χ2v) is 9.25. The lowest BCUT2D eigenvalue weighted by atomic mass is 10.0. The van der Waals surface area contributed by atoms with Crippen molar-refractivity contribution in [1.29, 1.82) is 0 Å².